The summed E-state index contributed by atoms with van der Waals surface area (Å²) in [6.07, 6.45) is 0.446. The number of likely N-dealkylation sites (tertiary alicyclic amines) is 1. The number of rotatable bonds is 10. The summed E-state index contributed by atoms with van der Waals surface area (Å²) in [6, 6.07) is 19.2. The Balaban J connectivity index is 1.67. The second-order valence-corrected chi connectivity index (χ2v) is 8.99. The number of ether oxygens (including phenoxy) is 2. The highest BCUT2D eigenvalue weighted by molar-refractivity contribution is 6.46. The van der Waals surface area contributed by atoms with Crippen LogP contribution in [0.3, 0.4) is 0 Å². The van der Waals surface area contributed by atoms with Crippen molar-refractivity contribution in [2.45, 2.75) is 26.0 Å². The smallest absolute Gasteiger partial charge is 0.295 e. The van der Waals surface area contributed by atoms with E-state index in [0.717, 1.165) is 11.1 Å². The van der Waals surface area contributed by atoms with Gasteiger partial charge in [0, 0.05) is 38.0 Å². The molecule has 0 unspecified atom stereocenters. The van der Waals surface area contributed by atoms with Crippen molar-refractivity contribution in [2.75, 3.05) is 20.3 Å². The average Bonchev–Trinajstić information content (AvgIpc) is 3.17. The molecule has 0 radical (unpaired) electrons. The van der Waals surface area contributed by atoms with Gasteiger partial charge in [-0.05, 0) is 48.7 Å². The van der Waals surface area contributed by atoms with E-state index in [1.807, 2.05) is 31.2 Å². The van der Waals surface area contributed by atoms with Crippen molar-refractivity contribution < 1.29 is 29.1 Å². The van der Waals surface area contributed by atoms with E-state index in [1.165, 1.54) is 30.2 Å². The molecule has 4 rings (SSSR count). The van der Waals surface area contributed by atoms with Gasteiger partial charge in [0.15, 0.2) is 0 Å². The van der Waals surface area contributed by atoms with Crippen LogP contribution in [0, 0.1) is 17.0 Å². The molecule has 3 aromatic rings. The Bertz CT molecular complexity index is 1380. The first-order valence-corrected chi connectivity index (χ1v) is 12.1. The van der Waals surface area contributed by atoms with Crippen molar-refractivity contribution >= 4 is 23.1 Å². The number of aliphatic hydroxyl groups excluding tert-OH is 1. The molecule has 0 aliphatic carbocycles. The van der Waals surface area contributed by atoms with Crippen molar-refractivity contribution in [2.24, 2.45) is 0 Å². The van der Waals surface area contributed by atoms with Crippen molar-refractivity contribution in [3.8, 4) is 5.75 Å². The zero-order valence-electron chi connectivity index (χ0n) is 21.1. The minimum atomic E-state index is -0.982. The quantitative estimate of drug-likeness (QED) is 0.101. The number of amides is 1. The highest BCUT2D eigenvalue weighted by Gasteiger charge is 2.46. The summed E-state index contributed by atoms with van der Waals surface area (Å²) in [6.45, 7) is 2.90. The van der Waals surface area contributed by atoms with Gasteiger partial charge in [0.1, 0.15) is 18.1 Å². The largest absolute Gasteiger partial charge is 0.507 e. The van der Waals surface area contributed by atoms with Crippen LogP contribution in [0.15, 0.2) is 78.4 Å². The van der Waals surface area contributed by atoms with Gasteiger partial charge in [-0.15, -0.1) is 0 Å². The zero-order valence-corrected chi connectivity index (χ0v) is 21.1. The van der Waals surface area contributed by atoms with Gasteiger partial charge < -0.3 is 19.5 Å². The van der Waals surface area contributed by atoms with Crippen molar-refractivity contribution in [1.29, 1.82) is 0 Å². The number of hydrogen-bond donors (Lipinski definition) is 1. The Kier molecular flexibility index (Phi) is 8.18. The van der Waals surface area contributed by atoms with Crippen LogP contribution in [0.1, 0.15) is 34.7 Å². The number of non-ortho nitro benzene ring substituents is 1. The molecule has 1 aliphatic heterocycles. The van der Waals surface area contributed by atoms with E-state index in [9.17, 15) is 24.8 Å². The third-order valence-corrected chi connectivity index (χ3v) is 6.30. The number of methoxy groups -OCH3 is 1. The van der Waals surface area contributed by atoms with Crippen molar-refractivity contribution in [1.82, 2.24) is 4.90 Å². The molecule has 9 heteroatoms. The molecule has 0 aromatic heterocycles. The molecule has 196 valence electrons. The number of hydrogen-bond acceptors (Lipinski definition) is 7. The van der Waals surface area contributed by atoms with Crippen LogP contribution in [0.4, 0.5) is 5.69 Å². The van der Waals surface area contributed by atoms with Gasteiger partial charge in [0.2, 0.25) is 0 Å². The maximum absolute atomic E-state index is 13.1. The lowest BCUT2D eigenvalue weighted by atomic mass is 9.95. The number of nitro groups is 1. The Morgan fingerprint density at radius 1 is 1.05 bits per heavy atom. The van der Waals surface area contributed by atoms with Crippen molar-refractivity contribution in [3.05, 3.63) is 111 Å². The molecule has 1 N–H and O–H groups in total. The van der Waals surface area contributed by atoms with Crippen molar-refractivity contribution in [3.63, 3.8) is 0 Å². The first-order valence-electron chi connectivity index (χ1n) is 12.1. The van der Waals surface area contributed by atoms with E-state index < -0.39 is 22.7 Å². The molecule has 1 fully saturated rings. The molecular formula is C29H28N2O7. The summed E-state index contributed by atoms with van der Waals surface area (Å²) in [5.41, 5.74) is 2.51. The van der Waals surface area contributed by atoms with Crippen LogP contribution in [-0.4, -0.2) is 46.9 Å². The van der Waals surface area contributed by atoms with E-state index in [1.54, 1.807) is 30.3 Å². The number of nitro benzene ring substituents is 1. The summed E-state index contributed by atoms with van der Waals surface area (Å²) < 4.78 is 10.9. The van der Waals surface area contributed by atoms with Crippen LogP contribution in [0.5, 0.6) is 5.75 Å². The second kappa shape index (κ2) is 11.7. The lowest BCUT2D eigenvalue weighted by molar-refractivity contribution is -0.384. The molecule has 38 heavy (non-hydrogen) atoms. The zero-order chi connectivity index (χ0) is 27.2. The maximum atomic E-state index is 13.1. The Hall–Kier alpha value is -4.50. The summed E-state index contributed by atoms with van der Waals surface area (Å²) in [5, 5.41) is 22.6. The number of benzene rings is 3. The normalized spacial score (nSPS) is 16.6. The molecule has 1 atom stereocenters. The topological polar surface area (TPSA) is 119 Å². The monoisotopic (exact) mass is 516 g/mol. The third-order valence-electron chi connectivity index (χ3n) is 6.30. The summed E-state index contributed by atoms with van der Waals surface area (Å²) in [5.74, 6) is -1.42. The minimum absolute atomic E-state index is 0.124. The molecule has 1 aliphatic rings. The van der Waals surface area contributed by atoms with Gasteiger partial charge in [-0.1, -0.05) is 42.0 Å². The molecule has 3 aromatic carbocycles. The van der Waals surface area contributed by atoms with Crippen LogP contribution in [0.25, 0.3) is 5.76 Å². The molecule has 1 saturated heterocycles. The lowest BCUT2D eigenvalue weighted by Crippen LogP contribution is -2.31. The summed E-state index contributed by atoms with van der Waals surface area (Å²) in [4.78, 5) is 38.3. The first kappa shape index (κ1) is 26.6. The standard InChI is InChI=1S/C29H28N2O7/c1-19-6-3-7-20(16-19)18-38-24-12-10-21(11-13-24)27(32)25-26(22-8-4-9-23(17-22)31(35)36)30(14-5-15-37-2)29(34)28(25)33/h3-4,6-13,16-17,26,32H,5,14-15,18H2,1-2H3/t26-/m1/s1. The van der Waals surface area contributed by atoms with Gasteiger partial charge in [0.05, 0.1) is 16.5 Å². The molecule has 0 saturated carbocycles. The number of carbonyl (C=O) groups excluding carboxylic acids is 2. The van der Waals surface area contributed by atoms with Gasteiger partial charge in [-0.25, -0.2) is 0 Å². The predicted octanol–water partition coefficient (Wildman–Crippen LogP) is 4.94. The summed E-state index contributed by atoms with van der Waals surface area (Å²) in [7, 11) is 1.53. The summed E-state index contributed by atoms with van der Waals surface area (Å²) >= 11 is 0. The fourth-order valence-electron chi connectivity index (χ4n) is 4.48. The Morgan fingerprint density at radius 3 is 2.47 bits per heavy atom. The SMILES string of the molecule is COCCCN1C(=O)C(=O)C(=C(O)c2ccc(OCc3cccc(C)c3)cc2)[C@H]1c1cccc([N+](=O)[O-])c1. The predicted molar refractivity (Wildman–Crippen MR) is 141 cm³/mol. The van der Waals surface area contributed by atoms with Gasteiger partial charge in [0.25, 0.3) is 17.4 Å². The first-order chi connectivity index (χ1) is 18.3. The molecule has 0 spiro atoms. The van der Waals surface area contributed by atoms with Gasteiger partial charge in [-0.3, -0.25) is 19.7 Å². The molecule has 0 bridgehead atoms. The fraction of sp³-hybridized carbons (Fsp3) is 0.241. The van der Waals surface area contributed by atoms with E-state index in [2.05, 4.69) is 0 Å². The minimum Gasteiger partial charge on any atom is -0.507 e. The second-order valence-electron chi connectivity index (χ2n) is 8.99. The molecular weight excluding hydrogens is 488 g/mol. The molecule has 9 nitrogen and oxygen atoms in total. The highest BCUT2D eigenvalue weighted by atomic mass is 16.6. The van der Waals surface area contributed by atoms with E-state index >= 15 is 0 Å². The number of carbonyl (C=O) groups is 2. The van der Waals surface area contributed by atoms with Crippen LogP contribution in [0.2, 0.25) is 0 Å². The highest BCUT2D eigenvalue weighted by Crippen LogP contribution is 2.40. The molecule has 1 amide bonds. The average molecular weight is 517 g/mol. The van der Waals surface area contributed by atoms with Crippen LogP contribution in [-0.2, 0) is 20.9 Å². The number of nitrogens with zero attached hydrogens (tertiary/aromatic N) is 2. The van der Waals surface area contributed by atoms with Crippen LogP contribution < -0.4 is 4.74 Å². The van der Waals surface area contributed by atoms with E-state index in [4.69, 9.17) is 9.47 Å². The van der Waals surface area contributed by atoms with E-state index in [-0.39, 0.29) is 23.6 Å². The maximum Gasteiger partial charge on any atom is 0.295 e. The van der Waals surface area contributed by atoms with Crippen LogP contribution >= 0.6 is 0 Å². The van der Waals surface area contributed by atoms with E-state index in [0.29, 0.717) is 36.5 Å². The Morgan fingerprint density at radius 2 is 1.79 bits per heavy atom. The van der Waals surface area contributed by atoms with Gasteiger partial charge in [-0.2, -0.15) is 0 Å². The fourth-order valence-corrected chi connectivity index (χ4v) is 4.48. The number of aryl methyl sites for hydroxylation is 1. The number of Topliss-reactive ketones (excluding diaryl/α,β-unsaturated/α-hetero) is 1. The molecule has 1 heterocycles. The lowest BCUT2D eigenvalue weighted by Gasteiger charge is -2.25. The Labute approximate surface area is 220 Å². The van der Waals surface area contributed by atoms with Gasteiger partial charge >= 0.3 is 0 Å². The third kappa shape index (κ3) is 5.73. The number of ketones is 1. The number of aliphatic hydroxyl groups is 1.